The lowest BCUT2D eigenvalue weighted by atomic mass is 9.94. The Labute approximate surface area is 184 Å². The van der Waals surface area contributed by atoms with Gasteiger partial charge in [-0.25, -0.2) is 14.4 Å². The molecule has 1 aliphatic heterocycles. The van der Waals surface area contributed by atoms with E-state index in [1.165, 1.54) is 12.3 Å². The molecule has 1 aliphatic rings. The van der Waals surface area contributed by atoms with Crippen LogP contribution in [0.1, 0.15) is 42.9 Å². The number of ether oxygens (including phenoxy) is 1. The van der Waals surface area contributed by atoms with E-state index in [1.807, 2.05) is 24.5 Å². The summed E-state index contributed by atoms with van der Waals surface area (Å²) in [6, 6.07) is 4.80. The second-order valence-corrected chi connectivity index (χ2v) is 8.22. The van der Waals surface area contributed by atoms with E-state index in [0.717, 1.165) is 55.2 Å². The van der Waals surface area contributed by atoms with E-state index in [0.29, 0.717) is 23.2 Å². The fourth-order valence-corrected chi connectivity index (χ4v) is 4.00. The molecule has 0 unspecified atom stereocenters. The van der Waals surface area contributed by atoms with Gasteiger partial charge in [0.25, 0.3) is 0 Å². The minimum absolute atomic E-state index is 0.201. The lowest BCUT2D eigenvalue weighted by Gasteiger charge is -2.22. The third-order valence-electron chi connectivity index (χ3n) is 5.77. The van der Waals surface area contributed by atoms with Gasteiger partial charge >= 0.3 is 0 Å². The summed E-state index contributed by atoms with van der Waals surface area (Å²) < 4.78 is 20.6. The van der Waals surface area contributed by atoms with Crippen molar-refractivity contribution in [3.05, 3.63) is 53.6 Å². The summed E-state index contributed by atoms with van der Waals surface area (Å²) in [4.78, 5) is 18.4. The minimum Gasteiger partial charge on any atom is -0.381 e. The van der Waals surface area contributed by atoms with E-state index in [1.54, 1.807) is 12.4 Å². The van der Waals surface area contributed by atoms with Crippen LogP contribution in [0.5, 0.6) is 0 Å². The molecule has 0 spiro atoms. The quantitative estimate of drug-likeness (QED) is 0.476. The minimum atomic E-state index is -0.365. The maximum Gasteiger partial charge on any atom is 0.225 e. The molecule has 5 rings (SSSR count). The molecule has 10 heteroatoms. The third kappa shape index (κ3) is 4.18. The molecule has 0 aromatic carbocycles. The van der Waals surface area contributed by atoms with Gasteiger partial charge in [0, 0.05) is 25.0 Å². The van der Waals surface area contributed by atoms with Gasteiger partial charge in [0.1, 0.15) is 17.7 Å². The van der Waals surface area contributed by atoms with E-state index in [-0.39, 0.29) is 11.9 Å². The second kappa shape index (κ2) is 8.62. The van der Waals surface area contributed by atoms with Crippen molar-refractivity contribution in [3.63, 3.8) is 0 Å². The number of rotatable bonds is 6. The molecule has 166 valence electrons. The number of hydrogen-bond acceptors (Lipinski definition) is 7. The van der Waals surface area contributed by atoms with Crippen LogP contribution in [0.4, 0.5) is 10.3 Å². The van der Waals surface area contributed by atoms with E-state index in [2.05, 4.69) is 25.5 Å². The fraction of sp³-hybridized carbons (Fsp3) is 0.409. The summed E-state index contributed by atoms with van der Waals surface area (Å²) in [5, 5.41) is 10.6. The van der Waals surface area contributed by atoms with Crippen LogP contribution in [-0.4, -0.2) is 47.9 Å². The van der Waals surface area contributed by atoms with Gasteiger partial charge < -0.3 is 10.1 Å². The SMILES string of the molecule is Cc1cc(-n2cnc3c(CC4CCOCC4)nc(N[C@@H](C)c4ccc(F)cn4)nc32)n[nH]1. The van der Waals surface area contributed by atoms with Crippen LogP contribution in [0.15, 0.2) is 30.7 Å². The highest BCUT2D eigenvalue weighted by molar-refractivity contribution is 5.76. The Morgan fingerprint density at radius 1 is 1.25 bits per heavy atom. The van der Waals surface area contributed by atoms with Crippen LogP contribution in [-0.2, 0) is 11.2 Å². The van der Waals surface area contributed by atoms with Gasteiger partial charge in [0.2, 0.25) is 5.95 Å². The number of fused-ring (bicyclic) bond motifs is 1. The molecular formula is C22H25FN8O. The largest absolute Gasteiger partial charge is 0.381 e. The number of H-pyrrole nitrogens is 1. The summed E-state index contributed by atoms with van der Waals surface area (Å²) in [6.07, 6.45) is 5.75. The molecule has 1 fully saturated rings. The third-order valence-corrected chi connectivity index (χ3v) is 5.77. The van der Waals surface area contributed by atoms with Crippen molar-refractivity contribution in [1.82, 2.24) is 34.7 Å². The summed E-state index contributed by atoms with van der Waals surface area (Å²) >= 11 is 0. The first-order chi connectivity index (χ1) is 15.6. The summed E-state index contributed by atoms with van der Waals surface area (Å²) in [7, 11) is 0. The molecule has 0 aliphatic carbocycles. The Morgan fingerprint density at radius 3 is 2.81 bits per heavy atom. The van der Waals surface area contributed by atoms with Gasteiger partial charge in [-0.2, -0.15) is 10.1 Å². The van der Waals surface area contributed by atoms with E-state index >= 15 is 0 Å². The van der Waals surface area contributed by atoms with Crippen molar-refractivity contribution < 1.29 is 9.13 Å². The van der Waals surface area contributed by atoms with Gasteiger partial charge in [-0.3, -0.25) is 14.6 Å². The molecule has 0 saturated carbocycles. The molecule has 4 aromatic heterocycles. The van der Waals surface area contributed by atoms with Crippen molar-refractivity contribution >= 4 is 17.1 Å². The normalized spacial score (nSPS) is 15.8. The first-order valence-electron chi connectivity index (χ1n) is 10.8. The summed E-state index contributed by atoms with van der Waals surface area (Å²) in [5.74, 6) is 1.33. The van der Waals surface area contributed by atoms with Crippen molar-refractivity contribution in [2.75, 3.05) is 18.5 Å². The van der Waals surface area contributed by atoms with Crippen LogP contribution in [0.25, 0.3) is 17.0 Å². The molecule has 5 heterocycles. The Kier molecular flexibility index (Phi) is 5.52. The number of aromatic nitrogens is 7. The Morgan fingerprint density at radius 2 is 2.09 bits per heavy atom. The predicted molar refractivity (Wildman–Crippen MR) is 117 cm³/mol. The van der Waals surface area contributed by atoms with Crippen molar-refractivity contribution in [2.24, 2.45) is 5.92 Å². The molecule has 2 N–H and O–H groups in total. The van der Waals surface area contributed by atoms with Crippen LogP contribution >= 0.6 is 0 Å². The van der Waals surface area contributed by atoms with E-state index in [4.69, 9.17) is 14.7 Å². The van der Waals surface area contributed by atoms with Crippen molar-refractivity contribution in [2.45, 2.75) is 39.2 Å². The highest BCUT2D eigenvalue weighted by Gasteiger charge is 2.21. The molecule has 0 amide bonds. The lowest BCUT2D eigenvalue weighted by Crippen LogP contribution is -2.19. The van der Waals surface area contributed by atoms with Crippen molar-refractivity contribution in [1.29, 1.82) is 0 Å². The van der Waals surface area contributed by atoms with E-state index in [9.17, 15) is 4.39 Å². The lowest BCUT2D eigenvalue weighted by molar-refractivity contribution is 0.0663. The smallest absolute Gasteiger partial charge is 0.225 e. The topological polar surface area (TPSA) is 106 Å². The molecule has 4 aromatic rings. The average molecular weight is 436 g/mol. The summed E-state index contributed by atoms with van der Waals surface area (Å²) in [5.41, 5.74) is 4.02. The zero-order valence-electron chi connectivity index (χ0n) is 18.0. The maximum atomic E-state index is 13.3. The standard InChI is InChI=1S/C22H25FN8O/c1-13-9-19(30-29-13)31-12-25-20-18(10-15-5-7-32-8-6-15)27-22(28-21(20)31)26-14(2)17-4-3-16(23)11-24-17/h3-4,9,11-12,14-15H,5-8,10H2,1-2H3,(H,29,30)(H,26,27,28)/t14-/m0/s1. The first kappa shape index (κ1) is 20.5. The highest BCUT2D eigenvalue weighted by atomic mass is 19.1. The summed E-state index contributed by atoms with van der Waals surface area (Å²) in [6.45, 7) is 5.45. The monoisotopic (exact) mass is 436 g/mol. The number of anilines is 1. The van der Waals surface area contributed by atoms with Gasteiger partial charge in [0.15, 0.2) is 11.5 Å². The fourth-order valence-electron chi connectivity index (χ4n) is 4.00. The number of halogens is 1. The zero-order chi connectivity index (χ0) is 22.1. The number of imidazole rings is 1. The Bertz CT molecular complexity index is 1210. The zero-order valence-corrected chi connectivity index (χ0v) is 18.0. The number of aromatic amines is 1. The predicted octanol–water partition coefficient (Wildman–Crippen LogP) is 3.52. The maximum absolute atomic E-state index is 13.3. The Hall–Kier alpha value is -3.40. The molecule has 0 radical (unpaired) electrons. The first-order valence-corrected chi connectivity index (χ1v) is 10.8. The van der Waals surface area contributed by atoms with Gasteiger partial charge in [-0.15, -0.1) is 0 Å². The van der Waals surface area contributed by atoms with Crippen LogP contribution < -0.4 is 5.32 Å². The van der Waals surface area contributed by atoms with E-state index < -0.39 is 0 Å². The van der Waals surface area contributed by atoms with Crippen LogP contribution in [0.3, 0.4) is 0 Å². The van der Waals surface area contributed by atoms with Gasteiger partial charge in [0.05, 0.1) is 23.6 Å². The molecule has 0 bridgehead atoms. The van der Waals surface area contributed by atoms with Crippen LogP contribution in [0.2, 0.25) is 0 Å². The molecule has 32 heavy (non-hydrogen) atoms. The number of hydrogen-bond donors (Lipinski definition) is 2. The van der Waals surface area contributed by atoms with Gasteiger partial charge in [-0.05, 0) is 51.2 Å². The van der Waals surface area contributed by atoms with Crippen LogP contribution in [0, 0.1) is 18.7 Å². The highest BCUT2D eigenvalue weighted by Crippen LogP contribution is 2.26. The molecule has 9 nitrogen and oxygen atoms in total. The average Bonchev–Trinajstić information content (AvgIpc) is 3.41. The number of pyridine rings is 1. The van der Waals surface area contributed by atoms with Gasteiger partial charge in [-0.1, -0.05) is 0 Å². The molecule has 1 saturated heterocycles. The molecule has 1 atom stereocenters. The number of nitrogens with zero attached hydrogens (tertiary/aromatic N) is 6. The van der Waals surface area contributed by atoms with Crippen molar-refractivity contribution in [3.8, 4) is 5.82 Å². The molecular weight excluding hydrogens is 411 g/mol. The Balaban J connectivity index is 1.52. The second-order valence-electron chi connectivity index (χ2n) is 8.22. The number of aryl methyl sites for hydroxylation is 1. The number of nitrogens with one attached hydrogen (secondary N) is 2.